The molecule has 0 spiro atoms. The quantitative estimate of drug-likeness (QED) is 0.813. The molecule has 88 valence electrons. The predicted molar refractivity (Wildman–Crippen MR) is 61.2 cm³/mol. The van der Waals surface area contributed by atoms with E-state index in [4.69, 9.17) is 15.2 Å². The van der Waals surface area contributed by atoms with E-state index in [0.29, 0.717) is 30.2 Å². The second-order valence-electron chi connectivity index (χ2n) is 3.11. The van der Waals surface area contributed by atoms with Gasteiger partial charge in [-0.15, -0.1) is 12.4 Å². The van der Waals surface area contributed by atoms with E-state index in [1.165, 1.54) is 0 Å². The summed E-state index contributed by atoms with van der Waals surface area (Å²) < 4.78 is 10.3. The van der Waals surface area contributed by atoms with Crippen molar-refractivity contribution in [3.8, 4) is 11.5 Å². The molecule has 0 bridgehead atoms. The van der Waals surface area contributed by atoms with E-state index in [2.05, 4.69) is 5.32 Å². The lowest BCUT2D eigenvalue weighted by Crippen LogP contribution is -2.28. The van der Waals surface area contributed by atoms with E-state index in [1.807, 2.05) is 0 Å². The minimum atomic E-state index is -0.154. The Hall–Kier alpha value is -1.46. The first-order chi connectivity index (χ1) is 7.31. The van der Waals surface area contributed by atoms with Crippen LogP contribution in [0, 0.1) is 0 Å². The van der Waals surface area contributed by atoms with Crippen molar-refractivity contribution < 1.29 is 14.3 Å². The first-order valence-corrected chi connectivity index (χ1v) is 4.69. The first-order valence-electron chi connectivity index (χ1n) is 4.69. The summed E-state index contributed by atoms with van der Waals surface area (Å²) in [4.78, 5) is 11.5. The molecular weight excluding hydrogens is 232 g/mol. The number of nitrogens with one attached hydrogen (secondary N) is 1. The molecule has 2 rings (SSSR count). The number of hydrogen-bond donors (Lipinski definition) is 2. The molecule has 0 fully saturated rings. The second-order valence-corrected chi connectivity index (χ2v) is 3.11. The Labute approximate surface area is 99.3 Å². The lowest BCUT2D eigenvalue weighted by molar-refractivity contribution is 0.0954. The zero-order valence-electron chi connectivity index (χ0n) is 8.56. The molecule has 0 aliphatic carbocycles. The molecule has 0 unspecified atom stereocenters. The summed E-state index contributed by atoms with van der Waals surface area (Å²) in [5.41, 5.74) is 5.83. The van der Waals surface area contributed by atoms with Crippen molar-refractivity contribution in [2.75, 3.05) is 19.9 Å². The van der Waals surface area contributed by atoms with Crippen LogP contribution in [0.2, 0.25) is 0 Å². The number of halogens is 1. The van der Waals surface area contributed by atoms with Gasteiger partial charge in [0.1, 0.15) is 0 Å². The van der Waals surface area contributed by atoms with Gasteiger partial charge in [0.25, 0.3) is 5.91 Å². The van der Waals surface area contributed by atoms with E-state index in [0.717, 1.165) is 0 Å². The second kappa shape index (κ2) is 5.58. The molecule has 1 aromatic carbocycles. The molecule has 3 N–H and O–H groups in total. The average Bonchev–Trinajstić information content (AvgIpc) is 2.72. The summed E-state index contributed by atoms with van der Waals surface area (Å²) in [5.74, 6) is 1.12. The fraction of sp³-hybridized carbons (Fsp3) is 0.300. The van der Waals surface area contributed by atoms with Crippen LogP contribution in [0.4, 0.5) is 0 Å². The summed E-state index contributed by atoms with van der Waals surface area (Å²) in [5, 5.41) is 2.68. The Bertz CT molecular complexity index is 384. The van der Waals surface area contributed by atoms with E-state index in [1.54, 1.807) is 18.2 Å². The number of hydrogen-bond acceptors (Lipinski definition) is 4. The van der Waals surface area contributed by atoms with Crippen molar-refractivity contribution in [1.82, 2.24) is 5.32 Å². The summed E-state index contributed by atoms with van der Waals surface area (Å²) in [7, 11) is 0. The number of amides is 1. The van der Waals surface area contributed by atoms with Crippen LogP contribution in [0.1, 0.15) is 10.4 Å². The Morgan fingerprint density at radius 2 is 2.12 bits per heavy atom. The molecule has 1 aromatic rings. The number of fused-ring (bicyclic) bond motifs is 1. The maximum Gasteiger partial charge on any atom is 0.251 e. The van der Waals surface area contributed by atoms with Crippen LogP contribution in [0.15, 0.2) is 18.2 Å². The third kappa shape index (κ3) is 2.56. The maximum atomic E-state index is 11.5. The highest BCUT2D eigenvalue weighted by Crippen LogP contribution is 2.32. The summed E-state index contributed by atoms with van der Waals surface area (Å²) in [6.07, 6.45) is 0. The number of nitrogens with two attached hydrogens (primary N) is 1. The van der Waals surface area contributed by atoms with Gasteiger partial charge in [-0.1, -0.05) is 0 Å². The van der Waals surface area contributed by atoms with E-state index >= 15 is 0 Å². The fourth-order valence-corrected chi connectivity index (χ4v) is 1.33. The van der Waals surface area contributed by atoms with Crippen LogP contribution < -0.4 is 20.5 Å². The van der Waals surface area contributed by atoms with Crippen molar-refractivity contribution >= 4 is 18.3 Å². The van der Waals surface area contributed by atoms with Gasteiger partial charge in [0.15, 0.2) is 11.5 Å². The van der Waals surface area contributed by atoms with Crippen LogP contribution in [0.25, 0.3) is 0 Å². The molecule has 0 aromatic heterocycles. The van der Waals surface area contributed by atoms with Crippen LogP contribution in [0.3, 0.4) is 0 Å². The molecule has 1 aliphatic rings. The molecule has 0 saturated carbocycles. The Morgan fingerprint density at radius 1 is 1.38 bits per heavy atom. The lowest BCUT2D eigenvalue weighted by Gasteiger charge is -2.03. The standard InChI is InChI=1S/C10H12N2O3.ClH/c11-3-4-12-10(13)7-1-2-8-9(5-7)15-6-14-8;/h1-2,5H,3-4,6,11H2,(H,12,13);1H. The number of rotatable bonds is 3. The van der Waals surface area contributed by atoms with Crippen LogP contribution in [-0.4, -0.2) is 25.8 Å². The monoisotopic (exact) mass is 244 g/mol. The minimum Gasteiger partial charge on any atom is -0.454 e. The van der Waals surface area contributed by atoms with Crippen molar-refractivity contribution in [1.29, 1.82) is 0 Å². The van der Waals surface area contributed by atoms with Crippen molar-refractivity contribution in [3.63, 3.8) is 0 Å². The van der Waals surface area contributed by atoms with E-state index in [-0.39, 0.29) is 25.1 Å². The number of benzene rings is 1. The van der Waals surface area contributed by atoms with Crippen LogP contribution in [0.5, 0.6) is 11.5 Å². The average molecular weight is 245 g/mol. The molecule has 1 aliphatic heterocycles. The van der Waals surface area contributed by atoms with E-state index in [9.17, 15) is 4.79 Å². The van der Waals surface area contributed by atoms with Gasteiger partial charge in [-0.2, -0.15) is 0 Å². The molecule has 16 heavy (non-hydrogen) atoms. The van der Waals surface area contributed by atoms with Gasteiger partial charge in [-0.05, 0) is 18.2 Å². The zero-order valence-corrected chi connectivity index (χ0v) is 9.38. The molecule has 0 saturated heterocycles. The van der Waals surface area contributed by atoms with Gasteiger partial charge in [-0.25, -0.2) is 0 Å². The summed E-state index contributed by atoms with van der Waals surface area (Å²) in [6, 6.07) is 5.08. The lowest BCUT2D eigenvalue weighted by atomic mass is 10.2. The van der Waals surface area contributed by atoms with Gasteiger partial charge in [0.05, 0.1) is 0 Å². The minimum absolute atomic E-state index is 0. The van der Waals surface area contributed by atoms with Gasteiger partial charge in [0.2, 0.25) is 6.79 Å². The number of carbonyl (C=O) groups excluding carboxylic acids is 1. The molecule has 1 heterocycles. The molecule has 0 atom stereocenters. The van der Waals surface area contributed by atoms with Crippen molar-refractivity contribution in [3.05, 3.63) is 23.8 Å². The summed E-state index contributed by atoms with van der Waals surface area (Å²) >= 11 is 0. The first kappa shape index (κ1) is 12.6. The SMILES string of the molecule is Cl.NCCNC(=O)c1ccc2c(c1)OCO2. The Morgan fingerprint density at radius 3 is 2.88 bits per heavy atom. The predicted octanol–water partition coefficient (Wildman–Crippen LogP) is 0.526. The van der Waals surface area contributed by atoms with Gasteiger partial charge in [0, 0.05) is 18.7 Å². The van der Waals surface area contributed by atoms with Gasteiger partial charge in [-0.3, -0.25) is 4.79 Å². The Balaban J connectivity index is 0.00000128. The third-order valence-corrected chi connectivity index (χ3v) is 2.06. The maximum absolute atomic E-state index is 11.5. The molecule has 5 nitrogen and oxygen atoms in total. The van der Waals surface area contributed by atoms with Crippen molar-refractivity contribution in [2.24, 2.45) is 5.73 Å². The van der Waals surface area contributed by atoms with Crippen molar-refractivity contribution in [2.45, 2.75) is 0 Å². The zero-order chi connectivity index (χ0) is 10.7. The van der Waals surface area contributed by atoms with Crippen LogP contribution >= 0.6 is 12.4 Å². The molecular formula is C10H13ClN2O3. The highest BCUT2D eigenvalue weighted by molar-refractivity contribution is 5.94. The molecule has 1 amide bonds. The smallest absolute Gasteiger partial charge is 0.251 e. The number of ether oxygens (including phenoxy) is 2. The molecule has 6 heteroatoms. The Kier molecular flexibility index (Phi) is 4.39. The topological polar surface area (TPSA) is 73.6 Å². The van der Waals surface area contributed by atoms with Crippen LogP contribution in [-0.2, 0) is 0 Å². The molecule has 0 radical (unpaired) electrons. The normalized spacial score (nSPS) is 11.8. The van der Waals surface area contributed by atoms with Gasteiger partial charge >= 0.3 is 0 Å². The largest absolute Gasteiger partial charge is 0.454 e. The highest BCUT2D eigenvalue weighted by atomic mass is 35.5. The summed E-state index contributed by atoms with van der Waals surface area (Å²) in [6.45, 7) is 1.10. The number of carbonyl (C=O) groups is 1. The third-order valence-electron chi connectivity index (χ3n) is 2.06. The van der Waals surface area contributed by atoms with E-state index < -0.39 is 0 Å². The fourth-order valence-electron chi connectivity index (χ4n) is 1.33. The van der Waals surface area contributed by atoms with Gasteiger partial charge < -0.3 is 20.5 Å². The highest BCUT2D eigenvalue weighted by Gasteiger charge is 2.15.